The molecule has 1 aliphatic rings. The summed E-state index contributed by atoms with van der Waals surface area (Å²) >= 11 is 1.24. The van der Waals surface area contributed by atoms with Crippen LogP contribution in [0, 0.1) is 0 Å². The Kier molecular flexibility index (Phi) is 7.35. The molecule has 0 aliphatic carbocycles. The van der Waals surface area contributed by atoms with E-state index in [9.17, 15) is 14.4 Å². The van der Waals surface area contributed by atoms with E-state index in [1.807, 2.05) is 31.2 Å². The number of carbonyl (C=O) groups is 3. The molecule has 158 valence electrons. The van der Waals surface area contributed by atoms with Gasteiger partial charge in [-0.15, -0.1) is 0 Å². The van der Waals surface area contributed by atoms with Gasteiger partial charge >= 0.3 is 6.03 Å². The molecule has 0 radical (unpaired) electrons. The normalized spacial score (nSPS) is 15.7. The topological polar surface area (TPSA) is 87.7 Å². The van der Waals surface area contributed by atoms with Crippen LogP contribution in [0.4, 0.5) is 10.5 Å². The van der Waals surface area contributed by atoms with Crippen molar-refractivity contribution in [3.63, 3.8) is 0 Å². The minimum atomic E-state index is -0.246. The fraction of sp³-hybridized carbons (Fsp3) is 0.318. The number of urea groups is 1. The first-order valence-corrected chi connectivity index (χ1v) is 10.7. The molecule has 0 spiro atoms. The van der Waals surface area contributed by atoms with Crippen LogP contribution in [0.2, 0.25) is 0 Å². The molecule has 1 saturated heterocycles. The molecule has 3 amide bonds. The average Bonchev–Trinajstić information content (AvgIpc) is 3.03. The van der Waals surface area contributed by atoms with Gasteiger partial charge in [0.05, 0.1) is 0 Å². The zero-order chi connectivity index (χ0) is 21.5. The fourth-order valence-electron chi connectivity index (χ4n) is 3.16. The maximum Gasteiger partial charge on any atom is 0.319 e. The number of benzene rings is 2. The van der Waals surface area contributed by atoms with E-state index < -0.39 is 0 Å². The third kappa shape index (κ3) is 6.25. The van der Waals surface area contributed by atoms with E-state index in [4.69, 9.17) is 4.74 Å². The van der Waals surface area contributed by atoms with Crippen LogP contribution in [0.3, 0.4) is 0 Å². The van der Waals surface area contributed by atoms with Crippen molar-refractivity contribution in [2.75, 3.05) is 18.4 Å². The largest absolute Gasteiger partial charge is 0.457 e. The molecule has 1 heterocycles. The molecule has 1 aliphatic heterocycles. The Labute approximate surface area is 180 Å². The second kappa shape index (κ2) is 10.2. The van der Waals surface area contributed by atoms with Gasteiger partial charge in [0.25, 0.3) is 0 Å². The summed E-state index contributed by atoms with van der Waals surface area (Å²) in [6.07, 6.45) is 0.413. The fourth-order valence-corrected chi connectivity index (χ4v) is 4.11. The highest BCUT2D eigenvalue weighted by Crippen LogP contribution is 2.27. The van der Waals surface area contributed by atoms with E-state index in [0.29, 0.717) is 43.2 Å². The van der Waals surface area contributed by atoms with Crippen molar-refractivity contribution >= 4 is 34.5 Å². The van der Waals surface area contributed by atoms with Crippen molar-refractivity contribution in [3.8, 4) is 11.5 Å². The molecule has 3 rings (SSSR count). The Morgan fingerprint density at radius 2 is 1.73 bits per heavy atom. The van der Waals surface area contributed by atoms with Gasteiger partial charge in [0.15, 0.2) is 5.12 Å². The van der Waals surface area contributed by atoms with Gasteiger partial charge in [-0.1, -0.05) is 23.9 Å². The zero-order valence-corrected chi connectivity index (χ0v) is 17.8. The molecule has 0 aromatic heterocycles. The number of rotatable bonds is 7. The Balaban J connectivity index is 1.53. The van der Waals surface area contributed by atoms with Crippen LogP contribution in [0.5, 0.6) is 11.5 Å². The molecule has 1 atom stereocenters. The summed E-state index contributed by atoms with van der Waals surface area (Å²) < 4.78 is 5.84. The van der Waals surface area contributed by atoms with Crippen molar-refractivity contribution < 1.29 is 19.1 Å². The molecule has 2 aromatic rings. The number of ether oxygens (including phenoxy) is 1. The first-order chi connectivity index (χ1) is 14.4. The number of anilines is 1. The number of hydrogen-bond donors (Lipinski definition) is 2. The number of hydrogen-bond acceptors (Lipinski definition) is 5. The van der Waals surface area contributed by atoms with Gasteiger partial charge in [-0.2, -0.15) is 0 Å². The lowest BCUT2D eigenvalue weighted by molar-refractivity contribution is -0.128. The third-order valence-corrected chi connectivity index (χ3v) is 5.47. The molecule has 1 unspecified atom stereocenters. The van der Waals surface area contributed by atoms with Gasteiger partial charge in [-0.3, -0.25) is 9.59 Å². The lowest BCUT2D eigenvalue weighted by Crippen LogP contribution is -2.28. The van der Waals surface area contributed by atoms with E-state index in [0.717, 1.165) is 5.56 Å². The van der Waals surface area contributed by atoms with Crippen molar-refractivity contribution in [3.05, 3.63) is 54.1 Å². The minimum absolute atomic E-state index is 0.0446. The number of nitrogens with one attached hydrogen (secondary N) is 2. The predicted octanol–water partition coefficient (Wildman–Crippen LogP) is 4.00. The number of thioether (sulfide) groups is 1. The maximum absolute atomic E-state index is 12.2. The lowest BCUT2D eigenvalue weighted by Gasteiger charge is -2.16. The average molecular weight is 428 g/mol. The summed E-state index contributed by atoms with van der Waals surface area (Å²) in [7, 11) is 0. The van der Waals surface area contributed by atoms with Gasteiger partial charge in [0, 0.05) is 43.9 Å². The Morgan fingerprint density at radius 3 is 2.33 bits per heavy atom. The molecule has 30 heavy (non-hydrogen) atoms. The summed E-state index contributed by atoms with van der Waals surface area (Å²) in [4.78, 5) is 36.7. The molecule has 8 heteroatoms. The first kappa shape index (κ1) is 21.7. The SMILES string of the molecule is CCNC(=O)Nc1ccc(Oc2ccc(CN3CC(SC(C)=O)CC3=O)cc2)cc1. The number of carbonyl (C=O) groups excluding carboxylic acids is 3. The highest BCUT2D eigenvalue weighted by molar-refractivity contribution is 8.14. The van der Waals surface area contributed by atoms with Crippen molar-refractivity contribution in [1.29, 1.82) is 0 Å². The minimum Gasteiger partial charge on any atom is -0.457 e. The van der Waals surface area contributed by atoms with Crippen LogP contribution < -0.4 is 15.4 Å². The highest BCUT2D eigenvalue weighted by Gasteiger charge is 2.30. The number of nitrogens with zero attached hydrogens (tertiary/aromatic N) is 1. The van der Waals surface area contributed by atoms with Crippen LogP contribution in [0.15, 0.2) is 48.5 Å². The van der Waals surface area contributed by atoms with Crippen molar-refractivity contribution in [2.45, 2.75) is 32.1 Å². The Bertz CT molecular complexity index is 900. The van der Waals surface area contributed by atoms with Crippen LogP contribution in [-0.4, -0.2) is 40.3 Å². The monoisotopic (exact) mass is 427 g/mol. The van der Waals surface area contributed by atoms with E-state index in [2.05, 4.69) is 10.6 Å². The molecule has 7 nitrogen and oxygen atoms in total. The van der Waals surface area contributed by atoms with Crippen LogP contribution in [-0.2, 0) is 16.1 Å². The highest BCUT2D eigenvalue weighted by atomic mass is 32.2. The molecular weight excluding hydrogens is 402 g/mol. The van der Waals surface area contributed by atoms with Gasteiger partial charge in [-0.05, 0) is 48.9 Å². The van der Waals surface area contributed by atoms with Gasteiger partial charge in [-0.25, -0.2) is 4.79 Å². The Hall–Kier alpha value is -3.00. The van der Waals surface area contributed by atoms with E-state index >= 15 is 0 Å². The smallest absolute Gasteiger partial charge is 0.319 e. The molecule has 0 bridgehead atoms. The van der Waals surface area contributed by atoms with E-state index in [1.54, 1.807) is 29.2 Å². The van der Waals surface area contributed by atoms with E-state index in [-0.39, 0.29) is 22.3 Å². The summed E-state index contributed by atoms with van der Waals surface area (Å²) in [6.45, 7) is 5.07. The summed E-state index contributed by atoms with van der Waals surface area (Å²) in [5.41, 5.74) is 1.69. The summed E-state index contributed by atoms with van der Waals surface area (Å²) in [6, 6.07) is 14.4. The van der Waals surface area contributed by atoms with Gasteiger partial charge in [0.2, 0.25) is 5.91 Å². The van der Waals surface area contributed by atoms with Gasteiger partial charge in [0.1, 0.15) is 11.5 Å². The molecule has 1 fully saturated rings. The van der Waals surface area contributed by atoms with Crippen LogP contribution in [0.1, 0.15) is 25.8 Å². The quantitative estimate of drug-likeness (QED) is 0.697. The summed E-state index contributed by atoms with van der Waals surface area (Å²) in [5, 5.41) is 5.50. The zero-order valence-electron chi connectivity index (χ0n) is 17.0. The molecular formula is C22H25N3O4S. The predicted molar refractivity (Wildman–Crippen MR) is 118 cm³/mol. The van der Waals surface area contributed by atoms with E-state index in [1.165, 1.54) is 18.7 Å². The van der Waals surface area contributed by atoms with Crippen LogP contribution in [0.25, 0.3) is 0 Å². The molecule has 0 saturated carbocycles. The Morgan fingerprint density at radius 1 is 1.10 bits per heavy atom. The lowest BCUT2D eigenvalue weighted by atomic mass is 10.2. The molecule has 2 aromatic carbocycles. The second-order valence-electron chi connectivity index (χ2n) is 6.96. The van der Waals surface area contributed by atoms with Crippen molar-refractivity contribution in [1.82, 2.24) is 10.2 Å². The number of amides is 3. The standard InChI is InChI=1S/C22H25N3O4S/c1-3-23-22(28)24-17-6-10-19(11-7-17)29-18-8-4-16(5-9-18)13-25-14-20(12-21(25)27)30-15(2)26/h4-11,20H,3,12-14H2,1-2H3,(H2,23,24,28). The van der Waals surface area contributed by atoms with Gasteiger partial charge < -0.3 is 20.3 Å². The first-order valence-electron chi connectivity index (χ1n) is 9.79. The summed E-state index contributed by atoms with van der Waals surface area (Å²) in [5.74, 6) is 1.42. The van der Waals surface area contributed by atoms with Crippen molar-refractivity contribution in [2.24, 2.45) is 0 Å². The maximum atomic E-state index is 12.2. The van der Waals surface area contributed by atoms with Crippen LogP contribution >= 0.6 is 11.8 Å². The number of likely N-dealkylation sites (tertiary alicyclic amines) is 1. The third-order valence-electron chi connectivity index (χ3n) is 4.49. The molecule has 2 N–H and O–H groups in total. The second-order valence-corrected chi connectivity index (χ2v) is 8.44.